The molecule has 0 aliphatic carbocycles. The number of amides is 1. The molecule has 2 rings (SSSR count). The van der Waals surface area contributed by atoms with Crippen molar-refractivity contribution >= 4 is 5.91 Å². The second kappa shape index (κ2) is 64.8. The van der Waals surface area contributed by atoms with Crippen LogP contribution in [0.15, 0.2) is 72.9 Å². The Kier molecular flexibility index (Phi) is 60.4. The number of allylic oxidation sites excluding steroid dienone is 12. The first kappa shape index (κ1) is 88.5. The molecule has 0 saturated carbocycles. The molecule has 2 aliphatic heterocycles. The van der Waals surface area contributed by atoms with Crippen LogP contribution in [0.4, 0.5) is 0 Å². The van der Waals surface area contributed by atoms with Gasteiger partial charge in [0.1, 0.15) is 48.8 Å². The van der Waals surface area contributed by atoms with E-state index in [-0.39, 0.29) is 12.5 Å². The predicted molar refractivity (Wildman–Crippen MR) is 392 cm³/mol. The van der Waals surface area contributed by atoms with Crippen molar-refractivity contribution < 1.29 is 64.6 Å². The maximum absolute atomic E-state index is 13.4. The molecular formula is C81H147NO13. The summed E-state index contributed by atoms with van der Waals surface area (Å²) in [7, 11) is 0. The van der Waals surface area contributed by atoms with E-state index in [0.29, 0.717) is 19.3 Å². The minimum absolute atomic E-state index is 0.209. The van der Waals surface area contributed by atoms with Crippen molar-refractivity contribution in [1.29, 1.82) is 0 Å². The number of rotatable bonds is 66. The van der Waals surface area contributed by atoms with E-state index in [9.17, 15) is 45.6 Å². The lowest BCUT2D eigenvalue weighted by Crippen LogP contribution is -2.65. The summed E-state index contributed by atoms with van der Waals surface area (Å²) in [6, 6.07) is -0.838. The molecule has 0 aromatic carbocycles. The molecule has 0 radical (unpaired) electrons. The summed E-state index contributed by atoms with van der Waals surface area (Å²) < 4.78 is 23.0. The number of hydrogen-bond donors (Lipinski definition) is 9. The molecule has 0 spiro atoms. The Bertz CT molecular complexity index is 1870. The topological polar surface area (TPSA) is 228 Å². The first-order chi connectivity index (χ1) is 46.6. The molecule has 2 saturated heterocycles. The van der Waals surface area contributed by atoms with E-state index in [1.54, 1.807) is 0 Å². The van der Waals surface area contributed by atoms with Crippen molar-refractivity contribution in [2.75, 3.05) is 19.8 Å². The lowest BCUT2D eigenvalue weighted by atomic mass is 9.97. The van der Waals surface area contributed by atoms with E-state index >= 15 is 0 Å². The first-order valence-electron chi connectivity index (χ1n) is 39.7. The third kappa shape index (κ3) is 48.0. The van der Waals surface area contributed by atoms with E-state index in [1.165, 1.54) is 218 Å². The maximum Gasteiger partial charge on any atom is 0.220 e. The second-order valence-electron chi connectivity index (χ2n) is 27.8. The monoisotopic (exact) mass is 1340 g/mol. The number of aliphatic hydroxyl groups is 8. The molecular weight excluding hydrogens is 1190 g/mol. The summed E-state index contributed by atoms with van der Waals surface area (Å²) in [6.07, 6.45) is 72.2. The Balaban J connectivity index is 1.62. The molecule has 2 fully saturated rings. The van der Waals surface area contributed by atoms with Gasteiger partial charge in [-0.05, 0) is 64.2 Å². The Morgan fingerprint density at radius 1 is 0.389 bits per heavy atom. The van der Waals surface area contributed by atoms with Gasteiger partial charge < -0.3 is 65.1 Å². The number of nitrogens with one attached hydrogen (secondary N) is 1. The molecule has 14 heteroatoms. The summed E-state index contributed by atoms with van der Waals surface area (Å²) in [5.41, 5.74) is 0. The highest BCUT2D eigenvalue weighted by Gasteiger charge is 2.51. The Morgan fingerprint density at radius 2 is 0.726 bits per heavy atom. The molecule has 2 heterocycles. The Labute approximate surface area is 580 Å². The van der Waals surface area contributed by atoms with Gasteiger partial charge >= 0.3 is 0 Å². The van der Waals surface area contributed by atoms with Crippen molar-refractivity contribution in [2.24, 2.45) is 0 Å². The van der Waals surface area contributed by atoms with Crippen LogP contribution >= 0.6 is 0 Å². The van der Waals surface area contributed by atoms with Gasteiger partial charge in [0.25, 0.3) is 0 Å². The Hall–Kier alpha value is -2.57. The number of ether oxygens (including phenoxy) is 4. The number of hydrogen-bond acceptors (Lipinski definition) is 13. The summed E-state index contributed by atoms with van der Waals surface area (Å²) >= 11 is 0. The zero-order valence-corrected chi connectivity index (χ0v) is 60.7. The normalized spacial score (nSPS) is 22.7. The van der Waals surface area contributed by atoms with E-state index in [4.69, 9.17) is 18.9 Å². The molecule has 9 N–H and O–H groups in total. The molecule has 2 aliphatic rings. The van der Waals surface area contributed by atoms with Gasteiger partial charge in [-0.1, -0.05) is 344 Å². The average Bonchev–Trinajstić information content (AvgIpc) is 0.801. The van der Waals surface area contributed by atoms with Crippen LogP contribution in [0.3, 0.4) is 0 Å². The SMILES string of the molecule is CC/C=C\C/C=C\C/C=C\C/C=C\C/C=C\C/C=C\CCCCCCCCCCCCC(=O)NC(COC1OC(CO)C(OC2OC(CO)C(O)C(O)C2O)C(O)C1O)C(O)CCCCCCCCCCCCCCCCCCCCCCCCCCCCCCCCCC. The van der Waals surface area contributed by atoms with Gasteiger partial charge in [-0.2, -0.15) is 0 Å². The van der Waals surface area contributed by atoms with E-state index in [2.05, 4.69) is 92.1 Å². The summed E-state index contributed by atoms with van der Waals surface area (Å²) in [5, 5.41) is 87.9. The van der Waals surface area contributed by atoms with Gasteiger partial charge in [0, 0.05) is 6.42 Å². The lowest BCUT2D eigenvalue weighted by Gasteiger charge is -2.46. The number of carbonyl (C=O) groups is 1. The van der Waals surface area contributed by atoms with Crippen LogP contribution in [0, 0.1) is 0 Å². The third-order valence-electron chi connectivity index (χ3n) is 19.2. The third-order valence-corrected chi connectivity index (χ3v) is 19.2. The highest BCUT2D eigenvalue weighted by Crippen LogP contribution is 2.30. The fourth-order valence-corrected chi connectivity index (χ4v) is 13.0. The molecule has 14 nitrogen and oxygen atoms in total. The molecule has 0 aromatic rings. The van der Waals surface area contributed by atoms with Crippen LogP contribution in [0.5, 0.6) is 0 Å². The molecule has 1 amide bonds. The highest BCUT2D eigenvalue weighted by atomic mass is 16.7. The van der Waals surface area contributed by atoms with Gasteiger partial charge in [0.2, 0.25) is 5.91 Å². The van der Waals surface area contributed by atoms with Crippen LogP contribution in [0.25, 0.3) is 0 Å². The van der Waals surface area contributed by atoms with Gasteiger partial charge in [-0.25, -0.2) is 0 Å². The van der Waals surface area contributed by atoms with Crippen molar-refractivity contribution in [3.8, 4) is 0 Å². The largest absolute Gasteiger partial charge is 0.394 e. The molecule has 12 unspecified atom stereocenters. The predicted octanol–water partition coefficient (Wildman–Crippen LogP) is 17.7. The maximum atomic E-state index is 13.4. The Morgan fingerprint density at radius 3 is 1.12 bits per heavy atom. The van der Waals surface area contributed by atoms with Crippen LogP contribution in [-0.2, 0) is 23.7 Å². The van der Waals surface area contributed by atoms with Gasteiger partial charge in [-0.3, -0.25) is 4.79 Å². The van der Waals surface area contributed by atoms with Crippen LogP contribution < -0.4 is 5.32 Å². The summed E-state index contributed by atoms with van der Waals surface area (Å²) in [5.74, 6) is -0.209. The highest BCUT2D eigenvalue weighted by molar-refractivity contribution is 5.76. The summed E-state index contributed by atoms with van der Waals surface area (Å²) in [4.78, 5) is 13.4. The smallest absolute Gasteiger partial charge is 0.220 e. The van der Waals surface area contributed by atoms with Crippen LogP contribution in [-0.4, -0.2) is 140 Å². The minimum Gasteiger partial charge on any atom is -0.394 e. The number of aliphatic hydroxyl groups excluding tert-OH is 8. The van der Waals surface area contributed by atoms with Gasteiger partial charge in [0.05, 0.1) is 32.0 Å². The molecule has 554 valence electrons. The van der Waals surface area contributed by atoms with Crippen LogP contribution in [0.1, 0.15) is 341 Å². The van der Waals surface area contributed by atoms with Gasteiger partial charge in [0.15, 0.2) is 12.6 Å². The molecule has 0 bridgehead atoms. The number of carbonyl (C=O) groups excluding carboxylic acids is 1. The van der Waals surface area contributed by atoms with Crippen molar-refractivity contribution in [3.05, 3.63) is 72.9 Å². The molecule has 95 heavy (non-hydrogen) atoms. The van der Waals surface area contributed by atoms with E-state index < -0.39 is 86.8 Å². The quantitative estimate of drug-likeness (QED) is 0.0204. The fraction of sp³-hybridized carbons (Fsp3) is 0.840. The van der Waals surface area contributed by atoms with Crippen molar-refractivity contribution in [3.63, 3.8) is 0 Å². The minimum atomic E-state index is -1.79. The second-order valence-corrected chi connectivity index (χ2v) is 27.8. The van der Waals surface area contributed by atoms with E-state index in [0.717, 1.165) is 89.9 Å². The molecule has 0 aromatic heterocycles. The van der Waals surface area contributed by atoms with Crippen LogP contribution in [0.2, 0.25) is 0 Å². The lowest BCUT2D eigenvalue weighted by molar-refractivity contribution is -0.359. The zero-order valence-electron chi connectivity index (χ0n) is 60.7. The van der Waals surface area contributed by atoms with Crippen molar-refractivity contribution in [1.82, 2.24) is 5.32 Å². The first-order valence-corrected chi connectivity index (χ1v) is 39.7. The van der Waals surface area contributed by atoms with E-state index in [1.807, 2.05) is 0 Å². The zero-order chi connectivity index (χ0) is 68.7. The van der Waals surface area contributed by atoms with Gasteiger partial charge in [-0.15, -0.1) is 0 Å². The number of unbranched alkanes of at least 4 members (excludes halogenated alkanes) is 41. The van der Waals surface area contributed by atoms with Crippen molar-refractivity contribution in [2.45, 2.75) is 415 Å². The fourth-order valence-electron chi connectivity index (χ4n) is 13.0. The standard InChI is InChI=1S/C81H147NO13/c1-3-5-7-9-11-13-15-17-19-21-23-25-27-29-31-33-34-35-37-38-40-42-44-46-48-50-52-54-56-58-60-62-64-70(85)69(68-92-80-78(91)76(89)79(72(67-84)94-80)95-81-77(90)75(88)74(87)71(66-83)93-81)82-73(86)65-63-61-59-57-55-53-51-49-47-45-43-41-39-36-32-30-28-26-24-22-20-18-16-14-12-10-8-6-4-2/h6,8,12,14,18,20,24,26,30,32,39,41,69-72,74-81,83-85,87-91H,3-5,7,9-11,13,15-17,19,21-23,25,27-29,31,33-38,40,42-68H2,1-2H3,(H,82,86)/b8-6-,14-12-,20-18-,26-24-,32-30-,41-39-. The molecule has 12 atom stereocenters. The summed E-state index contributed by atoms with van der Waals surface area (Å²) in [6.45, 7) is 2.79. The average molecular weight is 1340 g/mol.